The fraction of sp³-hybridized carbons (Fsp3) is 0.778. The summed E-state index contributed by atoms with van der Waals surface area (Å²) in [7, 11) is 0. The Hall–Kier alpha value is -0.590. The van der Waals surface area contributed by atoms with Crippen LogP contribution in [-0.2, 0) is 9.47 Å². The Morgan fingerprint density at radius 3 is 2.93 bits per heavy atom. The summed E-state index contributed by atoms with van der Waals surface area (Å²) in [6, 6.07) is 0. The van der Waals surface area contributed by atoms with Crippen molar-refractivity contribution in [2.75, 3.05) is 19.0 Å². The van der Waals surface area contributed by atoms with E-state index < -0.39 is 0 Å². The third kappa shape index (κ3) is 3.48. The fourth-order valence-electron chi connectivity index (χ4n) is 1.34. The van der Waals surface area contributed by atoms with E-state index >= 15 is 0 Å². The van der Waals surface area contributed by atoms with Gasteiger partial charge in [-0.3, -0.25) is 5.10 Å². The van der Waals surface area contributed by atoms with Gasteiger partial charge in [-0.2, -0.15) is 0 Å². The van der Waals surface area contributed by atoms with Crippen molar-refractivity contribution in [3.8, 4) is 0 Å². The van der Waals surface area contributed by atoms with E-state index in [2.05, 4.69) is 15.2 Å². The molecule has 1 aromatic heterocycles. The molecule has 6 heteroatoms. The zero-order valence-electron chi connectivity index (χ0n) is 8.73. The van der Waals surface area contributed by atoms with Gasteiger partial charge < -0.3 is 9.47 Å². The molecule has 1 aliphatic rings. The minimum atomic E-state index is -0.0358. The molecule has 1 N–H and O–H groups in total. The lowest BCUT2D eigenvalue weighted by atomic mass is 10.4. The molecular weight excluding hydrogens is 214 g/mol. The second kappa shape index (κ2) is 5.48. The molecule has 1 aromatic rings. The van der Waals surface area contributed by atoms with Crippen molar-refractivity contribution in [1.29, 1.82) is 0 Å². The van der Waals surface area contributed by atoms with E-state index in [1.165, 1.54) is 0 Å². The van der Waals surface area contributed by atoms with Crippen LogP contribution < -0.4 is 0 Å². The Balaban J connectivity index is 1.65. The summed E-state index contributed by atoms with van der Waals surface area (Å²) in [6.45, 7) is 3.52. The monoisotopic (exact) mass is 229 g/mol. The Bertz CT molecular complexity index is 299. The van der Waals surface area contributed by atoms with Crippen LogP contribution in [0.25, 0.3) is 0 Å². The van der Waals surface area contributed by atoms with E-state index in [0.29, 0.717) is 0 Å². The zero-order valence-corrected chi connectivity index (χ0v) is 9.55. The van der Waals surface area contributed by atoms with Gasteiger partial charge in [0.15, 0.2) is 6.29 Å². The van der Waals surface area contributed by atoms with Crippen LogP contribution in [0.4, 0.5) is 0 Å². The van der Waals surface area contributed by atoms with Gasteiger partial charge >= 0.3 is 0 Å². The molecule has 84 valence electrons. The number of thioether (sulfide) groups is 1. The summed E-state index contributed by atoms with van der Waals surface area (Å²) < 4.78 is 10.9. The highest BCUT2D eigenvalue weighted by molar-refractivity contribution is 7.99. The Kier molecular flexibility index (Phi) is 3.99. The van der Waals surface area contributed by atoms with Crippen molar-refractivity contribution in [2.45, 2.75) is 31.2 Å². The van der Waals surface area contributed by atoms with Crippen LogP contribution in [0.2, 0.25) is 0 Å². The summed E-state index contributed by atoms with van der Waals surface area (Å²) in [6.07, 6.45) is 1.86. The molecule has 0 bridgehead atoms. The first-order valence-electron chi connectivity index (χ1n) is 5.09. The quantitative estimate of drug-likeness (QED) is 0.790. The van der Waals surface area contributed by atoms with Crippen LogP contribution in [0.15, 0.2) is 5.16 Å². The van der Waals surface area contributed by atoms with Crippen LogP contribution in [-0.4, -0.2) is 40.4 Å². The maximum atomic E-state index is 5.44. The summed E-state index contributed by atoms with van der Waals surface area (Å²) in [5.41, 5.74) is 0. The third-order valence-corrected chi connectivity index (χ3v) is 2.94. The largest absolute Gasteiger partial charge is 0.353 e. The molecule has 2 rings (SSSR count). The zero-order chi connectivity index (χ0) is 10.5. The average molecular weight is 229 g/mol. The Morgan fingerprint density at radius 1 is 1.47 bits per heavy atom. The van der Waals surface area contributed by atoms with Gasteiger partial charge in [0.2, 0.25) is 5.16 Å². The van der Waals surface area contributed by atoms with Crippen molar-refractivity contribution in [1.82, 2.24) is 15.2 Å². The van der Waals surface area contributed by atoms with E-state index in [1.54, 1.807) is 11.8 Å². The van der Waals surface area contributed by atoms with Gasteiger partial charge in [0.05, 0.1) is 13.2 Å². The van der Waals surface area contributed by atoms with Crippen LogP contribution >= 0.6 is 11.8 Å². The second-order valence-corrected chi connectivity index (χ2v) is 4.43. The number of aromatic nitrogens is 3. The second-order valence-electron chi connectivity index (χ2n) is 3.37. The van der Waals surface area contributed by atoms with Gasteiger partial charge in [0, 0.05) is 12.2 Å². The van der Waals surface area contributed by atoms with Gasteiger partial charge in [-0.05, 0) is 13.3 Å². The fourth-order valence-corrected chi connectivity index (χ4v) is 2.14. The first-order valence-corrected chi connectivity index (χ1v) is 6.08. The summed E-state index contributed by atoms with van der Waals surface area (Å²) in [5, 5.41) is 7.65. The highest BCUT2D eigenvalue weighted by Crippen LogP contribution is 2.17. The van der Waals surface area contributed by atoms with E-state index in [-0.39, 0.29) is 6.29 Å². The molecule has 0 radical (unpaired) electrons. The molecule has 0 unspecified atom stereocenters. The normalized spacial score (nSPS) is 18.2. The van der Waals surface area contributed by atoms with Crippen molar-refractivity contribution in [3.05, 3.63) is 5.82 Å². The lowest BCUT2D eigenvalue weighted by Gasteiger charge is -2.22. The first kappa shape index (κ1) is 10.9. The maximum Gasteiger partial charge on any atom is 0.208 e. The molecule has 0 aliphatic carbocycles. The van der Waals surface area contributed by atoms with E-state index in [9.17, 15) is 0 Å². The number of ether oxygens (including phenoxy) is 2. The molecule has 1 fully saturated rings. The van der Waals surface area contributed by atoms with Gasteiger partial charge in [0.1, 0.15) is 5.82 Å². The van der Waals surface area contributed by atoms with E-state index in [4.69, 9.17) is 9.47 Å². The number of aryl methyl sites for hydroxylation is 1. The molecule has 0 atom stereocenters. The van der Waals surface area contributed by atoms with Crippen LogP contribution in [0.1, 0.15) is 18.7 Å². The number of hydrogen-bond acceptors (Lipinski definition) is 5. The summed E-state index contributed by atoms with van der Waals surface area (Å²) in [5.74, 6) is 1.77. The minimum absolute atomic E-state index is 0.0358. The highest BCUT2D eigenvalue weighted by Gasteiger charge is 2.14. The molecule has 0 aromatic carbocycles. The maximum absolute atomic E-state index is 5.44. The molecule has 0 spiro atoms. The molecule has 2 heterocycles. The lowest BCUT2D eigenvalue weighted by molar-refractivity contribution is -0.178. The Labute approximate surface area is 92.9 Å². The van der Waals surface area contributed by atoms with Gasteiger partial charge in [-0.15, -0.1) is 5.10 Å². The molecule has 0 saturated carbocycles. The standard InChI is InChI=1S/C9H15N3O2S/c1-7-10-9(12-11-7)15-6-3-8-13-4-2-5-14-8/h8H,2-6H2,1H3,(H,10,11,12). The molecule has 0 amide bonds. The molecule has 1 aliphatic heterocycles. The van der Waals surface area contributed by atoms with Gasteiger partial charge in [-0.1, -0.05) is 11.8 Å². The minimum Gasteiger partial charge on any atom is -0.353 e. The number of H-pyrrole nitrogens is 1. The molecule has 1 saturated heterocycles. The van der Waals surface area contributed by atoms with Crippen molar-refractivity contribution in [3.63, 3.8) is 0 Å². The summed E-state index contributed by atoms with van der Waals surface area (Å²) in [4.78, 5) is 4.21. The number of hydrogen-bond donors (Lipinski definition) is 1. The van der Waals surface area contributed by atoms with Gasteiger partial charge in [-0.25, -0.2) is 4.98 Å². The summed E-state index contributed by atoms with van der Waals surface area (Å²) >= 11 is 1.62. The van der Waals surface area contributed by atoms with Crippen LogP contribution in [0, 0.1) is 6.92 Å². The highest BCUT2D eigenvalue weighted by atomic mass is 32.2. The molecule has 5 nitrogen and oxygen atoms in total. The predicted molar refractivity (Wildman–Crippen MR) is 56.8 cm³/mol. The molecule has 15 heavy (non-hydrogen) atoms. The third-order valence-electron chi connectivity index (χ3n) is 2.06. The van der Waals surface area contributed by atoms with Gasteiger partial charge in [0.25, 0.3) is 0 Å². The lowest BCUT2D eigenvalue weighted by Crippen LogP contribution is -2.25. The average Bonchev–Trinajstić information content (AvgIpc) is 2.66. The number of nitrogens with one attached hydrogen (secondary N) is 1. The van der Waals surface area contributed by atoms with Crippen molar-refractivity contribution >= 4 is 11.8 Å². The Morgan fingerprint density at radius 2 is 2.27 bits per heavy atom. The van der Waals surface area contributed by atoms with Crippen LogP contribution in [0.5, 0.6) is 0 Å². The SMILES string of the molecule is Cc1nc(SCCC2OCCCO2)n[nH]1. The van der Waals surface area contributed by atoms with Crippen molar-refractivity contribution < 1.29 is 9.47 Å². The van der Waals surface area contributed by atoms with Crippen LogP contribution in [0.3, 0.4) is 0 Å². The predicted octanol–water partition coefficient (Wildman–Crippen LogP) is 1.36. The van der Waals surface area contributed by atoms with E-state index in [1.807, 2.05) is 6.92 Å². The molecular formula is C9H15N3O2S. The number of aromatic amines is 1. The topological polar surface area (TPSA) is 60.0 Å². The number of rotatable bonds is 4. The smallest absolute Gasteiger partial charge is 0.208 e. The number of nitrogens with zero attached hydrogens (tertiary/aromatic N) is 2. The first-order chi connectivity index (χ1) is 7.34. The van der Waals surface area contributed by atoms with E-state index in [0.717, 1.165) is 42.8 Å². The van der Waals surface area contributed by atoms with Crippen molar-refractivity contribution in [2.24, 2.45) is 0 Å².